The summed E-state index contributed by atoms with van der Waals surface area (Å²) in [6.45, 7) is 6.68. The first-order chi connectivity index (χ1) is 8.95. The topological polar surface area (TPSA) is 12.0 Å². The predicted molar refractivity (Wildman–Crippen MR) is 81.6 cm³/mol. The van der Waals surface area contributed by atoms with Gasteiger partial charge in [-0.3, -0.25) is 0 Å². The van der Waals surface area contributed by atoms with Gasteiger partial charge in [0.25, 0.3) is 0 Å². The quantitative estimate of drug-likeness (QED) is 0.817. The van der Waals surface area contributed by atoms with E-state index in [1.54, 1.807) is 6.07 Å². The van der Waals surface area contributed by atoms with Crippen LogP contribution in [0, 0.1) is 17.7 Å². The summed E-state index contributed by atoms with van der Waals surface area (Å²) in [5, 5.41) is 3.60. The monoisotopic (exact) mass is 327 g/mol. The minimum Gasteiger partial charge on any atom is -0.307 e. The van der Waals surface area contributed by atoms with Gasteiger partial charge in [0.2, 0.25) is 0 Å². The summed E-state index contributed by atoms with van der Waals surface area (Å²) in [6, 6.07) is 5.72. The lowest BCUT2D eigenvalue weighted by Crippen LogP contribution is -2.38. The Labute approximate surface area is 124 Å². The molecule has 0 bridgehead atoms. The van der Waals surface area contributed by atoms with Crippen molar-refractivity contribution in [3.8, 4) is 0 Å². The Morgan fingerprint density at radius 2 is 1.84 bits per heavy atom. The van der Waals surface area contributed by atoms with Crippen molar-refractivity contribution in [1.82, 2.24) is 5.32 Å². The van der Waals surface area contributed by atoms with E-state index in [1.165, 1.54) is 25.3 Å². The normalized spacial score (nSPS) is 29.2. The van der Waals surface area contributed by atoms with E-state index in [0.717, 1.165) is 21.9 Å². The van der Waals surface area contributed by atoms with E-state index < -0.39 is 0 Å². The molecule has 1 aliphatic rings. The average molecular weight is 328 g/mol. The minimum atomic E-state index is -0.125. The highest BCUT2D eigenvalue weighted by molar-refractivity contribution is 9.10. The van der Waals surface area contributed by atoms with E-state index >= 15 is 0 Å². The maximum Gasteiger partial charge on any atom is 0.128 e. The van der Waals surface area contributed by atoms with Crippen LogP contribution in [0.1, 0.15) is 51.6 Å². The molecule has 0 spiro atoms. The van der Waals surface area contributed by atoms with Gasteiger partial charge in [-0.2, -0.15) is 0 Å². The van der Waals surface area contributed by atoms with Gasteiger partial charge in [0.1, 0.15) is 5.82 Å². The van der Waals surface area contributed by atoms with Gasteiger partial charge in [0.05, 0.1) is 0 Å². The van der Waals surface area contributed by atoms with E-state index in [-0.39, 0.29) is 11.9 Å². The zero-order valence-corrected chi connectivity index (χ0v) is 13.5. The van der Waals surface area contributed by atoms with Crippen molar-refractivity contribution < 1.29 is 4.39 Å². The van der Waals surface area contributed by atoms with Crippen molar-refractivity contribution in [2.24, 2.45) is 11.8 Å². The number of benzene rings is 1. The molecule has 1 aromatic rings. The molecule has 0 radical (unpaired) electrons. The Balaban J connectivity index is 2.04. The molecule has 1 saturated carbocycles. The van der Waals surface area contributed by atoms with Crippen molar-refractivity contribution >= 4 is 15.9 Å². The Morgan fingerprint density at radius 1 is 1.21 bits per heavy atom. The second kappa shape index (κ2) is 6.36. The van der Waals surface area contributed by atoms with Gasteiger partial charge < -0.3 is 5.32 Å². The molecule has 3 atom stereocenters. The van der Waals surface area contributed by atoms with Gasteiger partial charge in [-0.05, 0) is 56.2 Å². The molecule has 0 aromatic heterocycles. The van der Waals surface area contributed by atoms with Crippen LogP contribution in [0.2, 0.25) is 0 Å². The standard InChI is InChI=1S/C16H23BrFN/c1-10-6-11(2)8-14(7-10)19-12(3)15-9-13(17)4-5-16(15)18/h4-5,9-12,14,19H,6-8H2,1-3H3. The molecular weight excluding hydrogens is 305 g/mol. The van der Waals surface area contributed by atoms with Crippen molar-refractivity contribution in [2.75, 3.05) is 0 Å². The van der Waals surface area contributed by atoms with Gasteiger partial charge in [-0.25, -0.2) is 4.39 Å². The predicted octanol–water partition coefficient (Wildman–Crippen LogP) is 5.06. The lowest BCUT2D eigenvalue weighted by Gasteiger charge is -2.34. The van der Waals surface area contributed by atoms with E-state index in [1.807, 2.05) is 6.07 Å². The summed E-state index contributed by atoms with van der Waals surface area (Å²) in [5.74, 6) is 1.40. The Bertz CT molecular complexity index is 425. The molecule has 1 N–H and O–H groups in total. The first-order valence-electron chi connectivity index (χ1n) is 7.16. The number of rotatable bonds is 3. The molecule has 1 fully saturated rings. The Morgan fingerprint density at radius 3 is 2.47 bits per heavy atom. The summed E-state index contributed by atoms with van der Waals surface area (Å²) in [7, 11) is 0. The summed E-state index contributed by atoms with van der Waals surface area (Å²) in [4.78, 5) is 0. The second-order valence-corrected chi connectivity index (χ2v) is 7.08. The SMILES string of the molecule is CC1CC(C)CC(NC(C)c2cc(Br)ccc2F)C1. The molecule has 0 amide bonds. The molecule has 1 aromatic carbocycles. The fourth-order valence-corrected chi connectivity index (χ4v) is 3.75. The number of nitrogens with one attached hydrogen (secondary N) is 1. The summed E-state index contributed by atoms with van der Waals surface area (Å²) in [5.41, 5.74) is 0.750. The van der Waals surface area contributed by atoms with Crippen LogP contribution in [0.4, 0.5) is 4.39 Å². The molecule has 0 aliphatic heterocycles. The van der Waals surface area contributed by atoms with Crippen LogP contribution in [-0.2, 0) is 0 Å². The van der Waals surface area contributed by atoms with Gasteiger partial charge in [0, 0.05) is 22.1 Å². The average Bonchev–Trinajstić information content (AvgIpc) is 2.30. The highest BCUT2D eigenvalue weighted by Crippen LogP contribution is 2.30. The van der Waals surface area contributed by atoms with Crippen LogP contribution >= 0.6 is 15.9 Å². The van der Waals surface area contributed by atoms with Crippen LogP contribution < -0.4 is 5.32 Å². The van der Waals surface area contributed by atoms with Gasteiger partial charge in [-0.1, -0.05) is 29.8 Å². The maximum absolute atomic E-state index is 13.9. The zero-order chi connectivity index (χ0) is 14.0. The first kappa shape index (κ1) is 15.0. The van der Waals surface area contributed by atoms with Gasteiger partial charge in [0.15, 0.2) is 0 Å². The lowest BCUT2D eigenvalue weighted by atomic mass is 9.80. The first-order valence-corrected chi connectivity index (χ1v) is 7.96. The third kappa shape index (κ3) is 4.03. The third-order valence-electron chi connectivity index (χ3n) is 4.09. The van der Waals surface area contributed by atoms with Crippen molar-refractivity contribution in [1.29, 1.82) is 0 Å². The van der Waals surface area contributed by atoms with Crippen molar-refractivity contribution in [3.05, 3.63) is 34.1 Å². The third-order valence-corrected chi connectivity index (χ3v) is 4.58. The van der Waals surface area contributed by atoms with Crippen molar-refractivity contribution in [3.63, 3.8) is 0 Å². The molecule has 19 heavy (non-hydrogen) atoms. The fourth-order valence-electron chi connectivity index (χ4n) is 3.37. The summed E-state index contributed by atoms with van der Waals surface area (Å²) >= 11 is 3.41. The lowest BCUT2D eigenvalue weighted by molar-refractivity contribution is 0.227. The zero-order valence-electron chi connectivity index (χ0n) is 11.9. The van der Waals surface area contributed by atoms with Crippen molar-refractivity contribution in [2.45, 2.75) is 52.1 Å². The Kier molecular flexibility index (Phi) is 5.02. The van der Waals surface area contributed by atoms with E-state index in [0.29, 0.717) is 6.04 Å². The number of hydrogen-bond acceptors (Lipinski definition) is 1. The number of halogens is 2. The molecular formula is C16H23BrFN. The second-order valence-electron chi connectivity index (χ2n) is 6.17. The molecule has 1 aliphatic carbocycles. The highest BCUT2D eigenvalue weighted by Gasteiger charge is 2.25. The smallest absolute Gasteiger partial charge is 0.128 e. The molecule has 0 heterocycles. The molecule has 2 rings (SSSR count). The van der Waals surface area contributed by atoms with Gasteiger partial charge >= 0.3 is 0 Å². The largest absolute Gasteiger partial charge is 0.307 e. The fraction of sp³-hybridized carbons (Fsp3) is 0.625. The van der Waals surface area contributed by atoms with E-state index in [4.69, 9.17) is 0 Å². The maximum atomic E-state index is 13.9. The summed E-state index contributed by atoms with van der Waals surface area (Å²) in [6.07, 6.45) is 3.71. The van der Waals surface area contributed by atoms with Crippen LogP contribution in [-0.4, -0.2) is 6.04 Å². The molecule has 1 nitrogen and oxygen atoms in total. The number of hydrogen-bond donors (Lipinski definition) is 1. The van der Waals surface area contributed by atoms with Crippen LogP contribution in [0.15, 0.2) is 22.7 Å². The van der Waals surface area contributed by atoms with E-state index in [9.17, 15) is 4.39 Å². The molecule has 106 valence electrons. The van der Waals surface area contributed by atoms with E-state index in [2.05, 4.69) is 42.0 Å². The Hall–Kier alpha value is -0.410. The van der Waals surface area contributed by atoms with Crippen LogP contribution in [0.5, 0.6) is 0 Å². The van der Waals surface area contributed by atoms with Crippen LogP contribution in [0.3, 0.4) is 0 Å². The molecule has 0 saturated heterocycles. The summed E-state index contributed by atoms with van der Waals surface area (Å²) < 4.78 is 14.8. The van der Waals surface area contributed by atoms with Crippen LogP contribution in [0.25, 0.3) is 0 Å². The highest BCUT2D eigenvalue weighted by atomic mass is 79.9. The van der Waals surface area contributed by atoms with Gasteiger partial charge in [-0.15, -0.1) is 0 Å². The molecule has 3 heteroatoms. The molecule has 3 unspecified atom stereocenters. The minimum absolute atomic E-state index is 0.0556.